The standard InChI is InChI=1S/C15H20N2/c1-11-13-9-5-6-10-14(13)17-15(11)16-12-7-3-2-4-8-12/h5-6,9-10,12,16-17H,2-4,7-8H2,1H3. The van der Waals surface area contributed by atoms with E-state index in [1.807, 2.05) is 0 Å². The lowest BCUT2D eigenvalue weighted by Crippen LogP contribution is -2.22. The Morgan fingerprint density at radius 1 is 1.12 bits per heavy atom. The maximum Gasteiger partial charge on any atom is 0.107 e. The van der Waals surface area contributed by atoms with Crippen LogP contribution in [-0.4, -0.2) is 11.0 Å². The third-order valence-corrected chi connectivity index (χ3v) is 3.92. The first kappa shape index (κ1) is 10.7. The molecule has 90 valence electrons. The van der Waals surface area contributed by atoms with Crippen molar-refractivity contribution in [2.45, 2.75) is 45.1 Å². The predicted octanol–water partition coefficient (Wildman–Crippen LogP) is 4.22. The monoisotopic (exact) mass is 228 g/mol. The molecule has 0 radical (unpaired) electrons. The lowest BCUT2D eigenvalue weighted by molar-refractivity contribution is 0.462. The number of fused-ring (bicyclic) bond motifs is 1. The Morgan fingerprint density at radius 3 is 2.65 bits per heavy atom. The minimum Gasteiger partial charge on any atom is -0.369 e. The fourth-order valence-corrected chi connectivity index (χ4v) is 2.88. The molecule has 2 nitrogen and oxygen atoms in total. The molecule has 1 aliphatic rings. The zero-order valence-electron chi connectivity index (χ0n) is 10.4. The summed E-state index contributed by atoms with van der Waals surface area (Å²) in [6.45, 7) is 2.20. The van der Waals surface area contributed by atoms with Crippen LogP contribution in [0.1, 0.15) is 37.7 Å². The van der Waals surface area contributed by atoms with Gasteiger partial charge in [0.2, 0.25) is 0 Å². The third-order valence-electron chi connectivity index (χ3n) is 3.92. The van der Waals surface area contributed by atoms with Crippen LogP contribution in [0.2, 0.25) is 0 Å². The van der Waals surface area contributed by atoms with Crippen LogP contribution in [0.4, 0.5) is 5.82 Å². The topological polar surface area (TPSA) is 27.8 Å². The molecule has 0 unspecified atom stereocenters. The molecule has 3 rings (SSSR count). The summed E-state index contributed by atoms with van der Waals surface area (Å²) in [6, 6.07) is 9.19. The second kappa shape index (κ2) is 4.44. The first-order chi connectivity index (χ1) is 8.34. The lowest BCUT2D eigenvalue weighted by atomic mass is 9.95. The van der Waals surface area contributed by atoms with E-state index < -0.39 is 0 Å². The number of hydrogen-bond donors (Lipinski definition) is 2. The maximum atomic E-state index is 3.68. The highest BCUT2D eigenvalue weighted by atomic mass is 15.0. The van der Waals surface area contributed by atoms with Gasteiger partial charge in [0.25, 0.3) is 0 Å². The number of aryl methyl sites for hydroxylation is 1. The van der Waals surface area contributed by atoms with Crippen LogP contribution in [0, 0.1) is 6.92 Å². The average molecular weight is 228 g/mol. The number of rotatable bonds is 2. The zero-order chi connectivity index (χ0) is 11.7. The molecule has 1 aliphatic carbocycles. The molecule has 1 aromatic carbocycles. The molecule has 0 amide bonds. The fraction of sp³-hybridized carbons (Fsp3) is 0.467. The van der Waals surface area contributed by atoms with Crippen molar-refractivity contribution in [1.82, 2.24) is 4.98 Å². The first-order valence-corrected chi connectivity index (χ1v) is 6.68. The number of aromatic nitrogens is 1. The Labute approximate surface area is 102 Å². The highest BCUT2D eigenvalue weighted by Gasteiger charge is 2.15. The molecule has 1 saturated carbocycles. The highest BCUT2D eigenvalue weighted by Crippen LogP contribution is 2.28. The van der Waals surface area contributed by atoms with Crippen LogP contribution in [0.25, 0.3) is 10.9 Å². The number of H-pyrrole nitrogens is 1. The number of hydrogen-bond acceptors (Lipinski definition) is 1. The first-order valence-electron chi connectivity index (χ1n) is 6.68. The Hall–Kier alpha value is -1.44. The molecule has 2 heteroatoms. The summed E-state index contributed by atoms with van der Waals surface area (Å²) < 4.78 is 0. The van der Waals surface area contributed by atoms with Gasteiger partial charge in [-0.1, -0.05) is 37.5 Å². The van der Waals surface area contributed by atoms with Crippen LogP contribution in [0.3, 0.4) is 0 Å². The van der Waals surface area contributed by atoms with Crippen molar-refractivity contribution in [1.29, 1.82) is 0 Å². The molecule has 1 fully saturated rings. The van der Waals surface area contributed by atoms with Gasteiger partial charge in [-0.25, -0.2) is 0 Å². The number of benzene rings is 1. The Morgan fingerprint density at radius 2 is 1.88 bits per heavy atom. The molecule has 1 aromatic heterocycles. The van der Waals surface area contributed by atoms with Gasteiger partial charge in [0, 0.05) is 16.9 Å². The SMILES string of the molecule is Cc1c(NC2CCCCC2)[nH]c2ccccc12. The molecule has 1 heterocycles. The van der Waals surface area contributed by atoms with Crippen molar-refractivity contribution in [2.24, 2.45) is 0 Å². The summed E-state index contributed by atoms with van der Waals surface area (Å²) >= 11 is 0. The average Bonchev–Trinajstić information content (AvgIpc) is 2.68. The fourth-order valence-electron chi connectivity index (χ4n) is 2.88. The minimum atomic E-state index is 0.663. The molecule has 0 atom stereocenters. The Bertz CT molecular complexity index is 507. The Balaban J connectivity index is 1.87. The van der Waals surface area contributed by atoms with Crippen molar-refractivity contribution in [2.75, 3.05) is 5.32 Å². The molecule has 2 aromatic rings. The van der Waals surface area contributed by atoms with Gasteiger partial charge in [0.15, 0.2) is 0 Å². The third kappa shape index (κ3) is 2.04. The quantitative estimate of drug-likeness (QED) is 0.791. The van der Waals surface area contributed by atoms with E-state index in [1.165, 1.54) is 54.4 Å². The van der Waals surface area contributed by atoms with Gasteiger partial charge < -0.3 is 10.3 Å². The van der Waals surface area contributed by atoms with E-state index in [1.54, 1.807) is 0 Å². The van der Waals surface area contributed by atoms with Crippen LogP contribution < -0.4 is 5.32 Å². The number of anilines is 1. The van der Waals surface area contributed by atoms with Gasteiger partial charge in [0.1, 0.15) is 5.82 Å². The maximum absolute atomic E-state index is 3.68. The van der Waals surface area contributed by atoms with Gasteiger partial charge in [-0.2, -0.15) is 0 Å². The largest absolute Gasteiger partial charge is 0.369 e. The van der Waals surface area contributed by atoms with Gasteiger partial charge in [-0.3, -0.25) is 0 Å². The van der Waals surface area contributed by atoms with E-state index >= 15 is 0 Å². The molecule has 0 aliphatic heterocycles. The van der Waals surface area contributed by atoms with Crippen molar-refractivity contribution < 1.29 is 0 Å². The second-order valence-corrected chi connectivity index (χ2v) is 5.15. The van der Waals surface area contributed by atoms with Gasteiger partial charge in [-0.05, 0) is 31.4 Å². The van der Waals surface area contributed by atoms with Crippen LogP contribution in [0.5, 0.6) is 0 Å². The highest BCUT2D eigenvalue weighted by molar-refractivity contribution is 5.88. The summed E-state index contributed by atoms with van der Waals surface area (Å²) in [5.41, 5.74) is 2.59. The molecular formula is C15H20N2. The second-order valence-electron chi connectivity index (χ2n) is 5.15. The number of aromatic amines is 1. The molecular weight excluding hydrogens is 208 g/mol. The van der Waals surface area contributed by atoms with Crippen molar-refractivity contribution in [3.8, 4) is 0 Å². The van der Waals surface area contributed by atoms with Crippen molar-refractivity contribution in [3.63, 3.8) is 0 Å². The number of nitrogens with one attached hydrogen (secondary N) is 2. The molecule has 17 heavy (non-hydrogen) atoms. The summed E-state index contributed by atoms with van der Waals surface area (Å²) in [7, 11) is 0. The van der Waals surface area contributed by atoms with E-state index in [2.05, 4.69) is 41.5 Å². The predicted molar refractivity (Wildman–Crippen MR) is 73.5 cm³/mol. The van der Waals surface area contributed by atoms with Crippen LogP contribution >= 0.6 is 0 Å². The van der Waals surface area contributed by atoms with Gasteiger partial charge >= 0.3 is 0 Å². The van der Waals surface area contributed by atoms with E-state index in [4.69, 9.17) is 0 Å². The summed E-state index contributed by atoms with van der Waals surface area (Å²) in [5, 5.41) is 5.02. The normalized spacial score (nSPS) is 17.5. The zero-order valence-corrected chi connectivity index (χ0v) is 10.4. The van der Waals surface area contributed by atoms with Crippen molar-refractivity contribution >= 4 is 16.7 Å². The van der Waals surface area contributed by atoms with E-state index in [0.717, 1.165) is 0 Å². The van der Waals surface area contributed by atoms with E-state index in [0.29, 0.717) is 6.04 Å². The van der Waals surface area contributed by atoms with Crippen LogP contribution in [0.15, 0.2) is 24.3 Å². The number of para-hydroxylation sites is 1. The van der Waals surface area contributed by atoms with Gasteiger partial charge in [0.05, 0.1) is 0 Å². The molecule has 2 N–H and O–H groups in total. The molecule has 0 spiro atoms. The van der Waals surface area contributed by atoms with Crippen LogP contribution in [-0.2, 0) is 0 Å². The van der Waals surface area contributed by atoms with E-state index in [-0.39, 0.29) is 0 Å². The summed E-state index contributed by atoms with van der Waals surface area (Å²) in [5.74, 6) is 1.22. The Kier molecular flexibility index (Phi) is 2.79. The summed E-state index contributed by atoms with van der Waals surface area (Å²) in [4.78, 5) is 3.50. The summed E-state index contributed by atoms with van der Waals surface area (Å²) in [6.07, 6.45) is 6.78. The van der Waals surface area contributed by atoms with Gasteiger partial charge in [-0.15, -0.1) is 0 Å². The molecule has 0 bridgehead atoms. The van der Waals surface area contributed by atoms with Crippen molar-refractivity contribution in [3.05, 3.63) is 29.8 Å². The lowest BCUT2D eigenvalue weighted by Gasteiger charge is -2.23. The van der Waals surface area contributed by atoms with E-state index in [9.17, 15) is 0 Å². The molecule has 0 saturated heterocycles. The smallest absolute Gasteiger partial charge is 0.107 e. The minimum absolute atomic E-state index is 0.663.